The molecule has 0 aliphatic rings. The Morgan fingerprint density at radius 2 is 2.36 bits per heavy atom. The predicted molar refractivity (Wildman–Crippen MR) is 37.9 cm³/mol. The average molecular weight is 154 g/mol. The van der Waals surface area contributed by atoms with Crippen LogP contribution >= 0.6 is 0 Å². The summed E-state index contributed by atoms with van der Waals surface area (Å²) in [6.07, 6.45) is 1.57. The molecule has 4 nitrogen and oxygen atoms in total. The van der Waals surface area contributed by atoms with E-state index in [0.29, 0.717) is 0 Å². The van der Waals surface area contributed by atoms with Crippen LogP contribution in [0.5, 0.6) is 0 Å². The van der Waals surface area contributed by atoms with Crippen LogP contribution < -0.4 is 5.49 Å². The van der Waals surface area contributed by atoms with E-state index in [1.165, 1.54) is 4.57 Å². The first-order valence-corrected chi connectivity index (χ1v) is 3.12. The summed E-state index contributed by atoms with van der Waals surface area (Å²) in [6, 6.07) is 4.94. The Bertz CT molecular complexity index is 316. The molecule has 0 saturated carbocycles. The summed E-state index contributed by atoms with van der Waals surface area (Å²) < 4.78 is 1.35. The fourth-order valence-corrected chi connectivity index (χ4v) is 0.760. The molecule has 2 N–H and O–H groups in total. The van der Waals surface area contributed by atoms with Crippen LogP contribution in [0, 0.1) is 5.41 Å². The molecule has 0 aliphatic carbocycles. The zero-order valence-electron chi connectivity index (χ0n) is 5.82. The zero-order chi connectivity index (χ0) is 8.27. The molecule has 1 aromatic heterocycles. The molecule has 11 heavy (non-hydrogen) atoms. The van der Waals surface area contributed by atoms with Gasteiger partial charge in [-0.3, -0.25) is 10.2 Å². The van der Waals surface area contributed by atoms with Crippen molar-refractivity contribution in [1.82, 2.24) is 4.57 Å². The molecule has 0 unspecified atom stereocenters. The van der Waals surface area contributed by atoms with Gasteiger partial charge in [0.2, 0.25) is 0 Å². The number of nitrogens with zero attached hydrogens (tertiary/aromatic N) is 1. The van der Waals surface area contributed by atoms with Crippen LogP contribution in [-0.4, -0.2) is 15.6 Å². The van der Waals surface area contributed by atoms with Gasteiger partial charge < -0.3 is 9.67 Å². The summed E-state index contributed by atoms with van der Waals surface area (Å²) in [5, 5.41) is 15.7. The SMILES string of the molecule is N=c1ccccn1[14CH2]C(=O)O. The van der Waals surface area contributed by atoms with Crippen molar-refractivity contribution >= 4 is 5.97 Å². The number of aromatic nitrogens is 1. The molecule has 1 aromatic rings. The fraction of sp³-hybridized carbons (Fsp3) is 0.143. The molecule has 4 heteroatoms. The molecule has 0 radical (unpaired) electrons. The van der Waals surface area contributed by atoms with E-state index < -0.39 is 5.97 Å². The highest BCUT2D eigenvalue weighted by atomic mass is 16.4. The third kappa shape index (κ3) is 1.93. The smallest absolute Gasteiger partial charge is 0.323 e. The molecular weight excluding hydrogens is 146 g/mol. The van der Waals surface area contributed by atoms with Crippen molar-refractivity contribution < 1.29 is 9.90 Å². The number of nitrogens with one attached hydrogen (secondary N) is 1. The molecule has 0 saturated heterocycles. The maximum Gasteiger partial charge on any atom is 0.323 e. The standard InChI is InChI=1S/C7H8N2O2/c8-6-3-1-2-4-9(6)5-7(10)11/h1-4,8H,5H2,(H,10,11)/i5+2. The maximum atomic E-state index is 10.2. The number of hydrogen-bond donors (Lipinski definition) is 2. The molecule has 0 fully saturated rings. The highest BCUT2D eigenvalue weighted by Crippen LogP contribution is 1.80. The van der Waals surface area contributed by atoms with Gasteiger partial charge in [0.05, 0.1) is 0 Å². The largest absolute Gasteiger partial charge is 0.480 e. The van der Waals surface area contributed by atoms with Crippen molar-refractivity contribution in [3.8, 4) is 0 Å². The van der Waals surface area contributed by atoms with Crippen molar-refractivity contribution in [2.45, 2.75) is 6.54 Å². The molecule has 1 rings (SSSR count). The Morgan fingerprint density at radius 3 is 2.91 bits per heavy atom. The van der Waals surface area contributed by atoms with Crippen LogP contribution in [0.4, 0.5) is 0 Å². The van der Waals surface area contributed by atoms with Crippen LogP contribution in [0.1, 0.15) is 0 Å². The minimum Gasteiger partial charge on any atom is -0.480 e. The molecule has 1 heterocycles. The van der Waals surface area contributed by atoms with Crippen molar-refractivity contribution in [2.75, 3.05) is 0 Å². The number of pyridine rings is 1. The first-order valence-electron chi connectivity index (χ1n) is 3.12. The van der Waals surface area contributed by atoms with E-state index in [-0.39, 0.29) is 12.0 Å². The van der Waals surface area contributed by atoms with Gasteiger partial charge in [0.25, 0.3) is 0 Å². The highest BCUT2D eigenvalue weighted by Gasteiger charge is 1.96. The van der Waals surface area contributed by atoms with Gasteiger partial charge in [-0.2, -0.15) is 0 Å². The minimum absolute atomic E-state index is 0.153. The predicted octanol–water partition coefficient (Wildman–Crippen LogP) is 0.0522. The zero-order valence-corrected chi connectivity index (χ0v) is 5.82. The van der Waals surface area contributed by atoms with E-state index in [1.54, 1.807) is 24.4 Å². The third-order valence-corrected chi connectivity index (χ3v) is 1.25. The Hall–Kier alpha value is -1.58. The van der Waals surface area contributed by atoms with Gasteiger partial charge in [-0.25, -0.2) is 0 Å². The lowest BCUT2D eigenvalue weighted by atomic mass is 10.5. The number of carboxylic acid groups (broad SMARTS) is 1. The Kier molecular flexibility index (Phi) is 2.06. The van der Waals surface area contributed by atoms with Crippen LogP contribution in [0.3, 0.4) is 0 Å². The number of hydrogen-bond acceptors (Lipinski definition) is 2. The van der Waals surface area contributed by atoms with Crippen LogP contribution in [0.25, 0.3) is 0 Å². The minimum atomic E-state index is -0.935. The van der Waals surface area contributed by atoms with Gasteiger partial charge in [0.15, 0.2) is 0 Å². The summed E-state index contributed by atoms with van der Waals surface area (Å²) in [7, 11) is 0. The van der Waals surface area contributed by atoms with Crippen molar-refractivity contribution in [2.24, 2.45) is 0 Å². The Balaban J connectivity index is 2.95. The lowest BCUT2D eigenvalue weighted by molar-refractivity contribution is -0.137. The first-order chi connectivity index (χ1) is 5.20. The molecule has 58 valence electrons. The van der Waals surface area contributed by atoms with Gasteiger partial charge in [0.1, 0.15) is 12.0 Å². The highest BCUT2D eigenvalue weighted by molar-refractivity contribution is 5.66. The molecule has 0 aromatic carbocycles. The van der Waals surface area contributed by atoms with Gasteiger partial charge in [-0.05, 0) is 12.1 Å². The van der Waals surface area contributed by atoms with E-state index in [0.717, 1.165) is 0 Å². The lowest BCUT2D eigenvalue weighted by Crippen LogP contribution is -2.22. The van der Waals surface area contributed by atoms with Gasteiger partial charge >= 0.3 is 5.97 Å². The summed E-state index contributed by atoms with van der Waals surface area (Å²) in [5.74, 6) is -0.935. The molecule has 0 atom stereocenters. The van der Waals surface area contributed by atoms with Crippen LogP contribution in [0.2, 0.25) is 0 Å². The van der Waals surface area contributed by atoms with Gasteiger partial charge in [0, 0.05) is 6.20 Å². The van der Waals surface area contributed by atoms with Crippen molar-refractivity contribution in [3.63, 3.8) is 0 Å². The van der Waals surface area contributed by atoms with Crippen molar-refractivity contribution in [3.05, 3.63) is 29.9 Å². The first kappa shape index (κ1) is 7.53. The maximum absolute atomic E-state index is 10.2. The van der Waals surface area contributed by atoms with E-state index in [1.807, 2.05) is 0 Å². The number of aliphatic carboxylic acids is 1. The van der Waals surface area contributed by atoms with Crippen molar-refractivity contribution in [1.29, 1.82) is 5.41 Å². The Morgan fingerprint density at radius 1 is 1.64 bits per heavy atom. The van der Waals surface area contributed by atoms with E-state index in [9.17, 15) is 4.79 Å². The average Bonchev–Trinajstić information content (AvgIpc) is 1.93. The van der Waals surface area contributed by atoms with Gasteiger partial charge in [-0.15, -0.1) is 0 Å². The fourth-order valence-electron chi connectivity index (χ4n) is 0.760. The van der Waals surface area contributed by atoms with Gasteiger partial charge in [-0.1, -0.05) is 6.07 Å². The van der Waals surface area contributed by atoms with E-state index >= 15 is 0 Å². The summed E-state index contributed by atoms with van der Waals surface area (Å²) in [6.45, 7) is -0.153. The number of carboxylic acids is 1. The van der Waals surface area contributed by atoms with Crippen LogP contribution in [-0.2, 0) is 11.3 Å². The quantitative estimate of drug-likeness (QED) is 0.632. The normalized spacial score (nSPS) is 9.45. The lowest BCUT2D eigenvalue weighted by Gasteiger charge is -2.00. The molecule has 0 spiro atoms. The summed E-state index contributed by atoms with van der Waals surface area (Å²) >= 11 is 0. The molecule has 0 bridgehead atoms. The monoisotopic (exact) mass is 154 g/mol. The Labute approximate surface area is 63.2 Å². The third-order valence-electron chi connectivity index (χ3n) is 1.25. The molecule has 0 amide bonds. The summed E-state index contributed by atoms with van der Waals surface area (Å²) in [4.78, 5) is 10.2. The second-order valence-corrected chi connectivity index (χ2v) is 2.11. The molecular formula is C7H8N2O2. The van der Waals surface area contributed by atoms with Crippen LogP contribution in [0.15, 0.2) is 24.4 Å². The number of carbonyl (C=O) groups is 1. The molecule has 0 aliphatic heterocycles. The second kappa shape index (κ2) is 3.01. The van der Waals surface area contributed by atoms with E-state index in [2.05, 4.69) is 0 Å². The number of rotatable bonds is 2. The summed E-state index contributed by atoms with van der Waals surface area (Å²) in [5.41, 5.74) is 0.204. The topological polar surface area (TPSA) is 66.1 Å². The van der Waals surface area contributed by atoms with E-state index in [4.69, 9.17) is 10.5 Å². The second-order valence-electron chi connectivity index (χ2n) is 2.11.